The van der Waals surface area contributed by atoms with Crippen molar-refractivity contribution in [1.29, 1.82) is 0 Å². The minimum Gasteiger partial charge on any atom is -0.399 e. The average Bonchev–Trinajstić information content (AvgIpc) is 2.91. The Morgan fingerprint density at radius 1 is 1.35 bits per heavy atom. The quantitative estimate of drug-likeness (QED) is 0.789. The zero-order valence-electron chi connectivity index (χ0n) is 11.3. The zero-order valence-corrected chi connectivity index (χ0v) is 12.1. The lowest BCUT2D eigenvalue weighted by atomic mass is 10.0. The number of carbonyl (C=O) groups is 1. The van der Waals surface area contributed by atoms with E-state index in [4.69, 9.17) is 5.73 Å². The summed E-state index contributed by atoms with van der Waals surface area (Å²) in [6.45, 7) is 2.84. The highest BCUT2D eigenvalue weighted by molar-refractivity contribution is 7.10. The number of nitrogens with one attached hydrogen (secondary N) is 1. The number of nitrogens with zero attached hydrogens (tertiary/aromatic N) is 1. The standard InChI is InChI=1S/C15H17N3OS/c1-10-13-7-9-20-14(13)6-8-18(10)15(19)17-12-4-2-11(16)3-5-12/h2-5,7,9-10H,6,8,16H2,1H3,(H,17,19). The Morgan fingerprint density at radius 2 is 2.10 bits per heavy atom. The molecule has 0 saturated carbocycles. The number of urea groups is 1. The molecular weight excluding hydrogens is 270 g/mol. The van der Waals surface area contributed by atoms with Gasteiger partial charge in [-0.05, 0) is 54.6 Å². The maximum absolute atomic E-state index is 12.4. The number of anilines is 2. The van der Waals surface area contributed by atoms with Crippen molar-refractivity contribution in [2.24, 2.45) is 0 Å². The Morgan fingerprint density at radius 3 is 2.85 bits per heavy atom. The maximum atomic E-state index is 12.4. The van der Waals surface area contributed by atoms with Gasteiger partial charge in [0.15, 0.2) is 0 Å². The van der Waals surface area contributed by atoms with E-state index in [2.05, 4.69) is 23.7 Å². The SMILES string of the molecule is CC1c2ccsc2CCN1C(=O)Nc1ccc(N)cc1. The summed E-state index contributed by atoms with van der Waals surface area (Å²) in [4.78, 5) is 15.7. The van der Waals surface area contributed by atoms with E-state index in [9.17, 15) is 4.79 Å². The zero-order chi connectivity index (χ0) is 14.1. The Labute approximate surface area is 122 Å². The van der Waals surface area contributed by atoms with E-state index < -0.39 is 0 Å². The number of hydrogen-bond donors (Lipinski definition) is 2. The van der Waals surface area contributed by atoms with Gasteiger partial charge in [0.05, 0.1) is 6.04 Å². The molecule has 5 heteroatoms. The highest BCUT2D eigenvalue weighted by Crippen LogP contribution is 2.33. The predicted octanol–water partition coefficient (Wildman–Crippen LogP) is 3.48. The second kappa shape index (κ2) is 5.17. The molecule has 1 aliphatic rings. The number of thiophene rings is 1. The molecule has 2 heterocycles. The molecule has 1 atom stereocenters. The van der Waals surface area contributed by atoms with Crippen LogP contribution in [0.2, 0.25) is 0 Å². The molecular formula is C15H17N3OS. The Hall–Kier alpha value is -2.01. The van der Waals surface area contributed by atoms with Crippen molar-refractivity contribution in [2.45, 2.75) is 19.4 Å². The smallest absolute Gasteiger partial charge is 0.322 e. The average molecular weight is 287 g/mol. The van der Waals surface area contributed by atoms with Crippen LogP contribution in [0.5, 0.6) is 0 Å². The van der Waals surface area contributed by atoms with Crippen LogP contribution in [0.15, 0.2) is 35.7 Å². The second-order valence-corrected chi connectivity index (χ2v) is 5.97. The number of fused-ring (bicyclic) bond motifs is 1. The molecule has 1 aromatic carbocycles. The molecule has 1 aliphatic heterocycles. The van der Waals surface area contributed by atoms with E-state index in [1.54, 1.807) is 23.5 Å². The van der Waals surface area contributed by atoms with Crippen LogP contribution < -0.4 is 11.1 Å². The molecule has 0 saturated heterocycles. The topological polar surface area (TPSA) is 58.4 Å². The fourth-order valence-corrected chi connectivity index (χ4v) is 3.51. The van der Waals surface area contributed by atoms with Crippen molar-refractivity contribution in [3.63, 3.8) is 0 Å². The van der Waals surface area contributed by atoms with Crippen molar-refractivity contribution in [3.8, 4) is 0 Å². The van der Waals surface area contributed by atoms with Crippen molar-refractivity contribution >= 4 is 28.7 Å². The molecule has 0 radical (unpaired) electrons. The second-order valence-electron chi connectivity index (χ2n) is 4.97. The molecule has 0 aliphatic carbocycles. The van der Waals surface area contributed by atoms with Gasteiger partial charge < -0.3 is 16.0 Å². The molecule has 3 rings (SSSR count). The first-order valence-electron chi connectivity index (χ1n) is 6.64. The largest absolute Gasteiger partial charge is 0.399 e. The van der Waals surface area contributed by atoms with E-state index in [-0.39, 0.29) is 12.1 Å². The van der Waals surface area contributed by atoms with Gasteiger partial charge in [0.2, 0.25) is 0 Å². The lowest BCUT2D eigenvalue weighted by molar-refractivity contribution is 0.189. The molecule has 2 amide bonds. The van der Waals surface area contributed by atoms with Gasteiger partial charge in [-0.3, -0.25) is 0 Å². The van der Waals surface area contributed by atoms with Gasteiger partial charge in [-0.15, -0.1) is 11.3 Å². The van der Waals surface area contributed by atoms with Crippen LogP contribution in [-0.2, 0) is 6.42 Å². The number of nitrogens with two attached hydrogens (primary N) is 1. The molecule has 2 aromatic rings. The van der Waals surface area contributed by atoms with Gasteiger partial charge in [-0.25, -0.2) is 4.79 Å². The fourth-order valence-electron chi connectivity index (χ4n) is 2.55. The van der Waals surface area contributed by atoms with Crippen molar-refractivity contribution in [2.75, 3.05) is 17.6 Å². The van der Waals surface area contributed by atoms with Crippen LogP contribution in [0.4, 0.5) is 16.2 Å². The Bertz CT molecular complexity index is 620. The van der Waals surface area contributed by atoms with Gasteiger partial charge in [-0.2, -0.15) is 0 Å². The molecule has 0 spiro atoms. The number of carbonyl (C=O) groups excluding carboxylic acids is 1. The molecule has 1 unspecified atom stereocenters. The number of rotatable bonds is 1. The van der Waals surface area contributed by atoms with Crippen LogP contribution in [-0.4, -0.2) is 17.5 Å². The third-order valence-corrected chi connectivity index (χ3v) is 4.70. The van der Waals surface area contributed by atoms with E-state index in [0.29, 0.717) is 5.69 Å². The summed E-state index contributed by atoms with van der Waals surface area (Å²) >= 11 is 1.78. The lowest BCUT2D eigenvalue weighted by Gasteiger charge is -2.33. The van der Waals surface area contributed by atoms with Crippen LogP contribution >= 0.6 is 11.3 Å². The van der Waals surface area contributed by atoms with Crippen LogP contribution in [0.3, 0.4) is 0 Å². The number of amides is 2. The summed E-state index contributed by atoms with van der Waals surface area (Å²) in [5, 5.41) is 5.03. The van der Waals surface area contributed by atoms with Crippen molar-refractivity contribution in [1.82, 2.24) is 4.90 Å². The first-order chi connectivity index (χ1) is 9.65. The molecule has 3 N–H and O–H groups in total. The van der Waals surface area contributed by atoms with E-state index in [1.165, 1.54) is 10.4 Å². The third kappa shape index (κ3) is 2.36. The normalized spacial score (nSPS) is 17.6. The number of nitrogen functional groups attached to an aromatic ring is 1. The molecule has 104 valence electrons. The third-order valence-electron chi connectivity index (χ3n) is 3.70. The summed E-state index contributed by atoms with van der Waals surface area (Å²) < 4.78 is 0. The monoisotopic (exact) mass is 287 g/mol. The Kier molecular flexibility index (Phi) is 3.36. The number of hydrogen-bond acceptors (Lipinski definition) is 3. The van der Waals surface area contributed by atoms with Gasteiger partial charge in [0.1, 0.15) is 0 Å². The van der Waals surface area contributed by atoms with Crippen LogP contribution in [0.25, 0.3) is 0 Å². The molecule has 20 heavy (non-hydrogen) atoms. The van der Waals surface area contributed by atoms with Crippen LogP contribution in [0.1, 0.15) is 23.4 Å². The van der Waals surface area contributed by atoms with E-state index >= 15 is 0 Å². The van der Waals surface area contributed by atoms with Gasteiger partial charge in [-0.1, -0.05) is 0 Å². The van der Waals surface area contributed by atoms with Gasteiger partial charge in [0.25, 0.3) is 0 Å². The minimum atomic E-state index is -0.0564. The first-order valence-corrected chi connectivity index (χ1v) is 7.52. The summed E-state index contributed by atoms with van der Waals surface area (Å²) in [5.74, 6) is 0. The summed E-state index contributed by atoms with van der Waals surface area (Å²) in [5.41, 5.74) is 8.38. The summed E-state index contributed by atoms with van der Waals surface area (Å²) in [6, 6.07) is 9.39. The molecule has 4 nitrogen and oxygen atoms in total. The summed E-state index contributed by atoms with van der Waals surface area (Å²) in [7, 11) is 0. The predicted molar refractivity (Wildman–Crippen MR) is 83.0 cm³/mol. The minimum absolute atomic E-state index is 0.0564. The molecule has 0 fully saturated rings. The highest BCUT2D eigenvalue weighted by atomic mass is 32.1. The maximum Gasteiger partial charge on any atom is 0.322 e. The Balaban J connectivity index is 1.73. The van der Waals surface area contributed by atoms with E-state index in [0.717, 1.165) is 18.7 Å². The molecule has 1 aromatic heterocycles. The number of benzene rings is 1. The summed E-state index contributed by atoms with van der Waals surface area (Å²) in [6.07, 6.45) is 0.937. The van der Waals surface area contributed by atoms with Gasteiger partial charge in [0, 0.05) is 22.8 Å². The van der Waals surface area contributed by atoms with Crippen molar-refractivity contribution < 1.29 is 4.79 Å². The van der Waals surface area contributed by atoms with E-state index in [1.807, 2.05) is 17.0 Å². The fraction of sp³-hybridized carbons (Fsp3) is 0.267. The lowest BCUT2D eigenvalue weighted by Crippen LogP contribution is -2.40. The highest BCUT2D eigenvalue weighted by Gasteiger charge is 2.28. The van der Waals surface area contributed by atoms with Gasteiger partial charge >= 0.3 is 6.03 Å². The van der Waals surface area contributed by atoms with Crippen molar-refractivity contribution in [3.05, 3.63) is 46.2 Å². The first kappa shape index (κ1) is 13.0. The molecule has 0 bridgehead atoms. The van der Waals surface area contributed by atoms with Crippen LogP contribution in [0, 0.1) is 0 Å².